The fourth-order valence-corrected chi connectivity index (χ4v) is 2.86. The van der Waals surface area contributed by atoms with Crippen molar-refractivity contribution in [2.45, 2.75) is 19.8 Å². The second-order valence-corrected chi connectivity index (χ2v) is 7.28. The lowest BCUT2D eigenvalue weighted by molar-refractivity contribution is -0.134. The van der Waals surface area contributed by atoms with Crippen LogP contribution in [-0.2, 0) is 9.59 Å². The number of hydrogen-bond acceptors (Lipinski definition) is 6. The number of aryl methyl sites for hydroxylation is 1. The fourth-order valence-electron chi connectivity index (χ4n) is 2.73. The molecular weight excluding hydrogens is 424 g/mol. The Kier molecular flexibility index (Phi) is 9.80. The topological polar surface area (TPSA) is 118 Å². The van der Waals surface area contributed by atoms with Gasteiger partial charge in [-0.3, -0.25) is 0 Å². The molecule has 1 aromatic carbocycles. The molecule has 0 unspecified atom stereocenters. The number of carbonyl (C=O) groups is 2. The zero-order chi connectivity index (χ0) is 22.6. The van der Waals surface area contributed by atoms with Crippen LogP contribution in [0.4, 0.5) is 0 Å². The van der Waals surface area contributed by atoms with Crippen LogP contribution in [0.15, 0.2) is 48.6 Å². The van der Waals surface area contributed by atoms with Gasteiger partial charge in [-0.2, -0.15) is 0 Å². The molecule has 0 spiro atoms. The summed E-state index contributed by atoms with van der Waals surface area (Å²) in [5.74, 6) is -0.114. The Morgan fingerprint density at radius 2 is 1.84 bits per heavy atom. The van der Waals surface area contributed by atoms with Crippen LogP contribution in [0.2, 0.25) is 5.02 Å². The maximum atomic E-state index is 9.55. The average Bonchev–Trinajstić information content (AvgIpc) is 2.74. The molecule has 2 aromatic rings. The van der Waals surface area contributed by atoms with Gasteiger partial charge in [0.05, 0.1) is 6.61 Å². The van der Waals surface area contributed by atoms with Crippen molar-refractivity contribution in [3.05, 3.63) is 59.3 Å². The molecule has 3 rings (SSSR count). The minimum atomic E-state index is -1.26. The number of piperidine rings is 1. The molecule has 31 heavy (non-hydrogen) atoms. The van der Waals surface area contributed by atoms with Gasteiger partial charge in [-0.15, -0.1) is 0 Å². The third-order valence-electron chi connectivity index (χ3n) is 4.23. The highest BCUT2D eigenvalue weighted by Crippen LogP contribution is 2.31. The van der Waals surface area contributed by atoms with Gasteiger partial charge in [-0.1, -0.05) is 11.6 Å². The number of hydrogen-bond donors (Lipinski definition) is 3. The summed E-state index contributed by atoms with van der Waals surface area (Å²) in [5, 5.41) is 19.7. The molecule has 0 bridgehead atoms. The third-order valence-corrected chi connectivity index (χ3v) is 4.49. The number of ether oxygens (including phenoxy) is 2. The minimum absolute atomic E-state index is 0.496. The first kappa shape index (κ1) is 24.2. The number of benzene rings is 1. The van der Waals surface area contributed by atoms with Crippen LogP contribution in [0.5, 0.6) is 17.4 Å². The summed E-state index contributed by atoms with van der Waals surface area (Å²) in [5.41, 5.74) is 0.889. The van der Waals surface area contributed by atoms with E-state index in [0.717, 1.165) is 18.8 Å². The molecule has 1 aromatic heterocycles. The van der Waals surface area contributed by atoms with E-state index in [2.05, 4.69) is 10.3 Å². The fraction of sp³-hybridized carbons (Fsp3) is 0.318. The van der Waals surface area contributed by atoms with Crippen LogP contribution in [0.25, 0.3) is 0 Å². The summed E-state index contributed by atoms with van der Waals surface area (Å²) in [6.07, 6.45) is 3.51. The molecule has 1 fully saturated rings. The van der Waals surface area contributed by atoms with Crippen molar-refractivity contribution in [1.29, 1.82) is 0 Å². The first-order valence-corrected chi connectivity index (χ1v) is 10.1. The van der Waals surface area contributed by atoms with Crippen molar-refractivity contribution in [3.63, 3.8) is 0 Å². The Bertz CT molecular complexity index is 879. The third kappa shape index (κ3) is 9.50. The van der Waals surface area contributed by atoms with Crippen molar-refractivity contribution in [2.75, 3.05) is 19.7 Å². The maximum Gasteiger partial charge on any atom is 0.328 e. The second kappa shape index (κ2) is 12.6. The molecule has 1 atom stereocenters. The van der Waals surface area contributed by atoms with Crippen LogP contribution >= 0.6 is 11.6 Å². The van der Waals surface area contributed by atoms with Gasteiger partial charge in [-0.25, -0.2) is 14.6 Å². The molecule has 8 nitrogen and oxygen atoms in total. The maximum absolute atomic E-state index is 9.55. The van der Waals surface area contributed by atoms with Crippen LogP contribution in [0.1, 0.15) is 18.5 Å². The van der Waals surface area contributed by atoms with E-state index in [4.69, 9.17) is 31.3 Å². The number of halogens is 1. The molecule has 1 saturated heterocycles. The monoisotopic (exact) mass is 448 g/mol. The second-order valence-electron chi connectivity index (χ2n) is 6.85. The van der Waals surface area contributed by atoms with Gasteiger partial charge in [0.15, 0.2) is 5.75 Å². The van der Waals surface area contributed by atoms with Crippen LogP contribution < -0.4 is 14.8 Å². The van der Waals surface area contributed by atoms with Crippen molar-refractivity contribution < 1.29 is 29.3 Å². The zero-order valence-electron chi connectivity index (χ0n) is 17.1. The van der Waals surface area contributed by atoms with Gasteiger partial charge >= 0.3 is 11.9 Å². The molecule has 0 radical (unpaired) electrons. The number of carboxylic acid groups (broad SMARTS) is 2. The predicted octanol–water partition coefficient (Wildman–Crippen LogP) is 3.93. The van der Waals surface area contributed by atoms with Crippen LogP contribution in [0, 0.1) is 12.8 Å². The largest absolute Gasteiger partial charge is 0.488 e. The molecule has 3 N–H and O–H groups in total. The summed E-state index contributed by atoms with van der Waals surface area (Å²) in [6.45, 7) is 4.72. The zero-order valence-corrected chi connectivity index (χ0v) is 17.8. The lowest BCUT2D eigenvalue weighted by atomic mass is 10.0. The predicted molar refractivity (Wildman–Crippen MR) is 116 cm³/mol. The molecular formula is C22H25ClN2O6. The molecule has 2 heterocycles. The number of carboxylic acids is 2. The standard InChI is InChI=1S/C18H21ClN2O2.C4H4O4/c1-13-4-9-17(22-12-14-3-2-10-20-11-14)18(21-13)23-16-7-5-15(19)6-8-16;5-3(6)1-2-4(7)8/h4-9,14,20H,2-3,10-12H2,1H3;1-2H,(H,5,6)(H,7,8)/b;2-1+/t14-;/m0./s1. The summed E-state index contributed by atoms with van der Waals surface area (Å²) < 4.78 is 11.8. The smallest absolute Gasteiger partial charge is 0.328 e. The van der Waals surface area contributed by atoms with Crippen LogP contribution in [0.3, 0.4) is 0 Å². The van der Waals surface area contributed by atoms with Gasteiger partial charge in [0, 0.05) is 35.3 Å². The van der Waals surface area contributed by atoms with Crippen molar-refractivity contribution in [3.8, 4) is 17.4 Å². The van der Waals surface area contributed by atoms with Gasteiger partial charge < -0.3 is 25.0 Å². The Labute approximate surface area is 185 Å². The highest BCUT2D eigenvalue weighted by Gasteiger charge is 2.16. The van der Waals surface area contributed by atoms with E-state index in [-0.39, 0.29) is 0 Å². The van der Waals surface area contributed by atoms with Gasteiger partial charge in [-0.05, 0) is 62.7 Å². The van der Waals surface area contributed by atoms with Crippen molar-refractivity contribution in [2.24, 2.45) is 5.92 Å². The molecule has 1 aliphatic heterocycles. The Morgan fingerprint density at radius 3 is 2.42 bits per heavy atom. The normalized spacial score (nSPS) is 15.6. The highest BCUT2D eigenvalue weighted by atomic mass is 35.5. The summed E-state index contributed by atoms with van der Waals surface area (Å²) in [7, 11) is 0. The van der Waals surface area contributed by atoms with E-state index >= 15 is 0 Å². The average molecular weight is 449 g/mol. The molecule has 1 aliphatic rings. The SMILES string of the molecule is Cc1ccc(OC[C@H]2CCCNC2)c(Oc2ccc(Cl)cc2)n1.O=C(O)/C=C/C(=O)O. The van der Waals surface area contributed by atoms with Crippen molar-refractivity contribution in [1.82, 2.24) is 10.3 Å². The lowest BCUT2D eigenvalue weighted by Crippen LogP contribution is -2.33. The first-order valence-electron chi connectivity index (χ1n) is 9.72. The molecule has 0 aliphatic carbocycles. The van der Waals surface area contributed by atoms with Crippen LogP contribution in [-0.4, -0.2) is 46.8 Å². The van der Waals surface area contributed by atoms with E-state index in [9.17, 15) is 9.59 Å². The number of pyridine rings is 1. The van der Waals surface area contributed by atoms with Gasteiger partial charge in [0.2, 0.25) is 0 Å². The summed E-state index contributed by atoms with van der Waals surface area (Å²) >= 11 is 5.91. The first-order chi connectivity index (χ1) is 14.8. The number of nitrogens with zero attached hydrogens (tertiary/aromatic N) is 1. The molecule has 0 amide bonds. The number of aliphatic carboxylic acids is 2. The molecule has 9 heteroatoms. The van der Waals surface area contributed by atoms with E-state index in [1.54, 1.807) is 12.1 Å². The van der Waals surface area contributed by atoms with E-state index in [1.165, 1.54) is 12.8 Å². The lowest BCUT2D eigenvalue weighted by Gasteiger charge is -2.23. The quantitative estimate of drug-likeness (QED) is 0.545. The highest BCUT2D eigenvalue weighted by molar-refractivity contribution is 6.30. The Morgan fingerprint density at radius 1 is 1.16 bits per heavy atom. The van der Waals surface area contributed by atoms with Gasteiger partial charge in [0.1, 0.15) is 5.75 Å². The van der Waals surface area contributed by atoms with E-state index < -0.39 is 11.9 Å². The Hall–Kier alpha value is -3.10. The minimum Gasteiger partial charge on any atom is -0.488 e. The van der Waals surface area contributed by atoms with Gasteiger partial charge in [0.25, 0.3) is 5.88 Å². The summed E-state index contributed by atoms with van der Waals surface area (Å²) in [6, 6.07) is 11.1. The summed E-state index contributed by atoms with van der Waals surface area (Å²) in [4.78, 5) is 23.6. The van der Waals surface area contributed by atoms with E-state index in [1.807, 2.05) is 31.2 Å². The Balaban J connectivity index is 0.000000366. The number of nitrogens with one attached hydrogen (secondary N) is 1. The van der Waals surface area contributed by atoms with E-state index in [0.29, 0.717) is 47.1 Å². The number of aromatic nitrogens is 1. The van der Waals surface area contributed by atoms with Crippen molar-refractivity contribution >= 4 is 23.5 Å². The number of rotatable bonds is 7. The molecule has 166 valence electrons. The molecule has 0 saturated carbocycles.